The van der Waals surface area contributed by atoms with Crippen molar-refractivity contribution >= 4 is 15.9 Å². The number of benzene rings is 1. The van der Waals surface area contributed by atoms with Crippen molar-refractivity contribution in [3.05, 3.63) is 34.3 Å². The van der Waals surface area contributed by atoms with E-state index in [1.165, 1.54) is 48.7 Å². The molecule has 1 spiro atoms. The van der Waals surface area contributed by atoms with Gasteiger partial charge in [-0.15, -0.1) is 0 Å². The van der Waals surface area contributed by atoms with E-state index in [4.69, 9.17) is 0 Å². The molecule has 0 aromatic heterocycles. The van der Waals surface area contributed by atoms with Crippen molar-refractivity contribution in [3.8, 4) is 0 Å². The lowest BCUT2D eigenvalue weighted by Crippen LogP contribution is -2.63. The zero-order chi connectivity index (χ0) is 14.0. The van der Waals surface area contributed by atoms with Crippen molar-refractivity contribution in [2.45, 2.75) is 57.2 Å². The second-order valence-corrected chi connectivity index (χ2v) is 7.52. The normalized spacial score (nSPS) is 26.8. The van der Waals surface area contributed by atoms with Crippen molar-refractivity contribution in [2.75, 3.05) is 13.1 Å². The molecule has 1 saturated carbocycles. The van der Waals surface area contributed by atoms with Crippen molar-refractivity contribution in [1.82, 2.24) is 10.2 Å². The highest BCUT2D eigenvalue weighted by Gasteiger charge is 2.38. The van der Waals surface area contributed by atoms with Gasteiger partial charge in [0.15, 0.2) is 0 Å². The van der Waals surface area contributed by atoms with Crippen LogP contribution in [0.3, 0.4) is 0 Å². The second kappa shape index (κ2) is 6.17. The lowest BCUT2D eigenvalue weighted by atomic mass is 9.79. The Bertz CT molecular complexity index is 454. The highest BCUT2D eigenvalue weighted by Crippen LogP contribution is 2.32. The van der Waals surface area contributed by atoms with E-state index in [2.05, 4.69) is 57.3 Å². The first-order valence-electron chi connectivity index (χ1n) is 7.90. The predicted molar refractivity (Wildman–Crippen MR) is 87.8 cm³/mol. The molecule has 1 saturated heterocycles. The summed E-state index contributed by atoms with van der Waals surface area (Å²) < 4.78 is 1.19. The van der Waals surface area contributed by atoms with Crippen molar-refractivity contribution in [2.24, 2.45) is 0 Å². The van der Waals surface area contributed by atoms with Crippen molar-refractivity contribution in [3.63, 3.8) is 0 Å². The van der Waals surface area contributed by atoms with Crippen LogP contribution in [0.15, 0.2) is 28.7 Å². The number of hydrogen-bond acceptors (Lipinski definition) is 2. The van der Waals surface area contributed by atoms with Crippen LogP contribution in [0.25, 0.3) is 0 Å². The molecule has 1 heterocycles. The first kappa shape index (κ1) is 14.6. The van der Waals surface area contributed by atoms with Gasteiger partial charge in [-0.1, -0.05) is 47.3 Å². The summed E-state index contributed by atoms with van der Waals surface area (Å²) in [7, 11) is 0. The molecule has 1 N–H and O–H groups in total. The van der Waals surface area contributed by atoms with Crippen LogP contribution < -0.4 is 5.32 Å². The monoisotopic (exact) mass is 336 g/mol. The third-order valence-corrected chi connectivity index (χ3v) is 5.48. The second-order valence-electron chi connectivity index (χ2n) is 6.61. The topological polar surface area (TPSA) is 15.3 Å². The Balaban J connectivity index is 1.70. The highest BCUT2D eigenvalue weighted by molar-refractivity contribution is 9.10. The number of nitrogens with one attached hydrogen (secondary N) is 1. The molecule has 1 aromatic rings. The van der Waals surface area contributed by atoms with Crippen LogP contribution in [-0.4, -0.2) is 29.6 Å². The molecule has 1 unspecified atom stereocenters. The van der Waals surface area contributed by atoms with Crippen LogP contribution in [-0.2, 0) is 6.54 Å². The predicted octanol–water partition coefficient (Wildman–Crippen LogP) is 3.95. The number of hydrogen-bond donors (Lipinski definition) is 1. The molecular formula is C17H25BrN2. The Morgan fingerprint density at radius 2 is 2.10 bits per heavy atom. The molecule has 0 amide bonds. The summed E-state index contributed by atoms with van der Waals surface area (Å²) in [5, 5.41) is 3.86. The zero-order valence-corrected chi connectivity index (χ0v) is 14.0. The van der Waals surface area contributed by atoms with Crippen molar-refractivity contribution in [1.29, 1.82) is 0 Å². The maximum Gasteiger partial charge on any atom is 0.0309 e. The summed E-state index contributed by atoms with van der Waals surface area (Å²) in [6.45, 7) is 5.76. The Labute approximate surface area is 131 Å². The molecule has 2 fully saturated rings. The van der Waals surface area contributed by atoms with Crippen LogP contribution in [0.2, 0.25) is 0 Å². The number of halogens is 1. The van der Waals surface area contributed by atoms with Crippen LogP contribution in [0, 0.1) is 0 Å². The summed E-state index contributed by atoms with van der Waals surface area (Å²) in [4.78, 5) is 2.67. The molecular weight excluding hydrogens is 312 g/mol. The number of rotatable bonds is 2. The summed E-state index contributed by atoms with van der Waals surface area (Å²) >= 11 is 3.58. The molecule has 1 aromatic carbocycles. The van der Waals surface area contributed by atoms with Gasteiger partial charge < -0.3 is 5.32 Å². The third-order valence-electron chi connectivity index (χ3n) is 4.99. The van der Waals surface area contributed by atoms with E-state index in [1.54, 1.807) is 0 Å². The fourth-order valence-electron chi connectivity index (χ4n) is 3.74. The molecule has 2 nitrogen and oxygen atoms in total. The molecule has 3 heteroatoms. The molecule has 1 atom stereocenters. The van der Waals surface area contributed by atoms with E-state index in [1.807, 2.05) is 0 Å². The first-order valence-corrected chi connectivity index (χ1v) is 8.70. The Morgan fingerprint density at radius 1 is 1.30 bits per heavy atom. The Morgan fingerprint density at radius 3 is 2.85 bits per heavy atom. The maximum atomic E-state index is 3.86. The molecule has 3 rings (SSSR count). The van der Waals surface area contributed by atoms with E-state index >= 15 is 0 Å². The van der Waals surface area contributed by atoms with Crippen LogP contribution >= 0.6 is 15.9 Å². The van der Waals surface area contributed by atoms with E-state index in [0.717, 1.165) is 13.1 Å². The molecule has 20 heavy (non-hydrogen) atoms. The molecule has 2 aliphatic rings. The fourth-order valence-corrected chi connectivity index (χ4v) is 4.19. The van der Waals surface area contributed by atoms with Gasteiger partial charge in [0.25, 0.3) is 0 Å². The molecule has 110 valence electrons. The quantitative estimate of drug-likeness (QED) is 0.879. The largest absolute Gasteiger partial charge is 0.308 e. The minimum absolute atomic E-state index is 0.400. The van der Waals surface area contributed by atoms with Crippen molar-refractivity contribution < 1.29 is 0 Å². The smallest absolute Gasteiger partial charge is 0.0309 e. The van der Waals surface area contributed by atoms with Gasteiger partial charge in [-0.2, -0.15) is 0 Å². The SMILES string of the molecule is CC1CNC2(CCCCC2)CN1Cc1cccc(Br)c1. The Hall–Kier alpha value is -0.380. The van der Waals surface area contributed by atoms with E-state index < -0.39 is 0 Å². The zero-order valence-electron chi connectivity index (χ0n) is 12.4. The van der Waals surface area contributed by atoms with Gasteiger partial charge in [-0.25, -0.2) is 0 Å². The molecule has 1 aliphatic carbocycles. The van der Waals surface area contributed by atoms with Gasteiger partial charge in [0, 0.05) is 35.7 Å². The first-order chi connectivity index (χ1) is 9.67. The van der Waals surface area contributed by atoms with Crippen LogP contribution in [0.1, 0.15) is 44.6 Å². The summed E-state index contributed by atoms with van der Waals surface area (Å²) in [5.41, 5.74) is 1.82. The average Bonchev–Trinajstić information content (AvgIpc) is 2.44. The van der Waals surface area contributed by atoms with Gasteiger partial charge in [-0.3, -0.25) is 4.90 Å². The van der Waals surface area contributed by atoms with E-state index in [-0.39, 0.29) is 0 Å². The van der Waals surface area contributed by atoms with Crippen LogP contribution in [0.4, 0.5) is 0 Å². The van der Waals surface area contributed by atoms with Gasteiger partial charge in [0.2, 0.25) is 0 Å². The molecule has 0 radical (unpaired) electrons. The lowest BCUT2D eigenvalue weighted by molar-refractivity contribution is 0.0573. The van der Waals surface area contributed by atoms with Crippen LogP contribution in [0.5, 0.6) is 0 Å². The molecule has 1 aliphatic heterocycles. The van der Waals surface area contributed by atoms with Gasteiger partial charge >= 0.3 is 0 Å². The third kappa shape index (κ3) is 3.26. The van der Waals surface area contributed by atoms with Gasteiger partial charge in [0.1, 0.15) is 0 Å². The van der Waals surface area contributed by atoms with E-state index in [0.29, 0.717) is 11.6 Å². The molecule has 0 bridgehead atoms. The van der Waals surface area contributed by atoms with Gasteiger partial charge in [-0.05, 0) is 37.5 Å². The van der Waals surface area contributed by atoms with Gasteiger partial charge in [0.05, 0.1) is 0 Å². The highest BCUT2D eigenvalue weighted by atomic mass is 79.9. The number of piperazine rings is 1. The standard InChI is InChI=1S/C17H25BrN2/c1-14-11-19-17(8-3-2-4-9-17)13-20(14)12-15-6-5-7-16(18)10-15/h5-7,10,14,19H,2-4,8-9,11-13H2,1H3. The summed E-state index contributed by atoms with van der Waals surface area (Å²) in [5.74, 6) is 0. The minimum atomic E-state index is 0.400. The van der Waals surface area contributed by atoms with E-state index in [9.17, 15) is 0 Å². The summed E-state index contributed by atoms with van der Waals surface area (Å²) in [6, 6.07) is 9.37. The Kier molecular flexibility index (Phi) is 4.49. The summed E-state index contributed by atoms with van der Waals surface area (Å²) in [6.07, 6.45) is 6.92. The average molecular weight is 337 g/mol. The number of nitrogens with zero attached hydrogens (tertiary/aromatic N) is 1. The lowest BCUT2D eigenvalue weighted by Gasteiger charge is -2.49. The minimum Gasteiger partial charge on any atom is -0.308 e. The fraction of sp³-hybridized carbons (Fsp3) is 0.647. The maximum absolute atomic E-state index is 3.86.